The van der Waals surface area contributed by atoms with E-state index in [0.29, 0.717) is 15.6 Å². The lowest BCUT2D eigenvalue weighted by Crippen LogP contribution is -2.55. The molecule has 5 rings (SSSR count). The predicted octanol–water partition coefficient (Wildman–Crippen LogP) is 7.93. The summed E-state index contributed by atoms with van der Waals surface area (Å²) in [5, 5.41) is 4.05. The van der Waals surface area contributed by atoms with E-state index in [2.05, 4.69) is 5.32 Å². The van der Waals surface area contributed by atoms with Gasteiger partial charge in [0.15, 0.2) is 0 Å². The summed E-state index contributed by atoms with van der Waals surface area (Å²) in [6, 6.07) is 27.8. The van der Waals surface area contributed by atoms with Crippen LogP contribution in [0.25, 0.3) is 0 Å². The Bertz CT molecular complexity index is 1790. The minimum Gasteiger partial charge on any atom is -0.352 e. The van der Waals surface area contributed by atoms with Gasteiger partial charge in [0.2, 0.25) is 11.8 Å². The van der Waals surface area contributed by atoms with Gasteiger partial charge in [-0.1, -0.05) is 115 Å². The van der Waals surface area contributed by atoms with Crippen molar-refractivity contribution in [2.24, 2.45) is 0 Å². The molecule has 0 bridgehead atoms. The first kappa shape index (κ1) is 34.8. The molecule has 11 heteroatoms. The molecule has 0 aromatic heterocycles. The number of amides is 2. The first-order valence-corrected chi connectivity index (χ1v) is 18.1. The Morgan fingerprint density at radius 2 is 1.40 bits per heavy atom. The van der Waals surface area contributed by atoms with Crippen LogP contribution in [-0.2, 0) is 32.6 Å². The highest BCUT2D eigenvalue weighted by Crippen LogP contribution is 2.33. The van der Waals surface area contributed by atoms with E-state index in [-0.39, 0.29) is 40.5 Å². The van der Waals surface area contributed by atoms with Crippen LogP contribution >= 0.6 is 34.8 Å². The fraction of sp³-hybridized carbons (Fsp3) is 0.278. The molecule has 1 fully saturated rings. The normalized spacial score (nSPS) is 14.3. The Hall–Kier alpha value is -3.56. The molecular formula is C36H36Cl3N3O4S. The maximum atomic E-state index is 14.6. The highest BCUT2D eigenvalue weighted by molar-refractivity contribution is 7.92. The van der Waals surface area contributed by atoms with Crippen LogP contribution in [0.4, 0.5) is 5.69 Å². The van der Waals surface area contributed by atoms with Crippen molar-refractivity contribution in [2.75, 3.05) is 10.8 Å². The number of sulfonamides is 1. The summed E-state index contributed by atoms with van der Waals surface area (Å²) >= 11 is 19.1. The minimum atomic E-state index is -4.29. The quantitative estimate of drug-likeness (QED) is 0.162. The zero-order chi connectivity index (χ0) is 33.4. The molecular weight excluding hydrogens is 677 g/mol. The van der Waals surface area contributed by atoms with E-state index in [1.54, 1.807) is 36.4 Å². The molecule has 1 atom stereocenters. The summed E-state index contributed by atoms with van der Waals surface area (Å²) in [6.45, 7) is -0.607. The number of carbonyl (C=O) groups excluding carboxylic acids is 2. The van der Waals surface area contributed by atoms with Crippen LogP contribution in [0.3, 0.4) is 0 Å². The molecule has 0 heterocycles. The fourth-order valence-corrected chi connectivity index (χ4v) is 8.07. The van der Waals surface area contributed by atoms with Gasteiger partial charge in [0.25, 0.3) is 10.0 Å². The number of carbonyl (C=O) groups is 2. The van der Waals surface area contributed by atoms with Gasteiger partial charge >= 0.3 is 0 Å². The van der Waals surface area contributed by atoms with Crippen molar-refractivity contribution in [3.63, 3.8) is 0 Å². The van der Waals surface area contributed by atoms with Crippen LogP contribution in [0.5, 0.6) is 0 Å². The summed E-state index contributed by atoms with van der Waals surface area (Å²) in [7, 11) is -4.29. The molecule has 246 valence electrons. The van der Waals surface area contributed by atoms with Crippen LogP contribution in [0.15, 0.2) is 108 Å². The second-order valence-corrected chi connectivity index (χ2v) is 14.8. The lowest BCUT2D eigenvalue weighted by molar-refractivity contribution is -0.140. The van der Waals surface area contributed by atoms with Crippen molar-refractivity contribution in [1.82, 2.24) is 10.2 Å². The molecule has 0 radical (unpaired) electrons. The second kappa shape index (κ2) is 16.0. The average molecular weight is 713 g/mol. The first-order chi connectivity index (χ1) is 22.6. The number of halogens is 3. The van der Waals surface area contributed by atoms with Gasteiger partial charge in [-0.25, -0.2) is 8.42 Å². The summed E-state index contributed by atoms with van der Waals surface area (Å²) in [6.07, 6.45) is 5.12. The summed E-state index contributed by atoms with van der Waals surface area (Å²) in [5.74, 6) is -0.881. The zero-order valence-corrected chi connectivity index (χ0v) is 28.8. The van der Waals surface area contributed by atoms with Crippen molar-refractivity contribution in [3.05, 3.63) is 129 Å². The molecule has 1 N–H and O–H groups in total. The molecule has 1 saturated carbocycles. The second-order valence-electron chi connectivity index (χ2n) is 11.6. The van der Waals surface area contributed by atoms with Crippen LogP contribution < -0.4 is 9.62 Å². The lowest BCUT2D eigenvalue weighted by Gasteiger charge is -2.35. The van der Waals surface area contributed by atoms with E-state index >= 15 is 0 Å². The van der Waals surface area contributed by atoms with Crippen molar-refractivity contribution < 1.29 is 18.0 Å². The Morgan fingerprint density at radius 1 is 0.766 bits per heavy atom. The van der Waals surface area contributed by atoms with E-state index in [9.17, 15) is 18.0 Å². The van der Waals surface area contributed by atoms with Gasteiger partial charge in [-0.15, -0.1) is 0 Å². The Kier molecular flexibility index (Phi) is 11.9. The van der Waals surface area contributed by atoms with E-state index in [1.807, 2.05) is 36.4 Å². The van der Waals surface area contributed by atoms with Gasteiger partial charge in [0.05, 0.1) is 15.6 Å². The minimum absolute atomic E-state index is 0.000441. The molecule has 0 aliphatic heterocycles. The van der Waals surface area contributed by atoms with Crippen LogP contribution in [0.2, 0.25) is 15.1 Å². The topological polar surface area (TPSA) is 86.8 Å². The third-order valence-electron chi connectivity index (χ3n) is 8.25. The van der Waals surface area contributed by atoms with Crippen LogP contribution in [0.1, 0.15) is 43.2 Å². The monoisotopic (exact) mass is 711 g/mol. The largest absolute Gasteiger partial charge is 0.352 e. The van der Waals surface area contributed by atoms with Gasteiger partial charge in [-0.2, -0.15) is 0 Å². The van der Waals surface area contributed by atoms with E-state index in [0.717, 1.165) is 42.0 Å². The summed E-state index contributed by atoms with van der Waals surface area (Å²) < 4.78 is 29.3. The highest BCUT2D eigenvalue weighted by Gasteiger charge is 2.36. The maximum Gasteiger partial charge on any atom is 0.264 e. The van der Waals surface area contributed by atoms with E-state index < -0.39 is 28.5 Å². The SMILES string of the molecule is O=C(NC1CCCCC1)C(Cc1ccccc1)N(Cc1cccc(Cl)c1)C(=O)CN(c1ccc(Cl)cc1Cl)S(=O)(=O)c1ccccc1. The number of nitrogens with zero attached hydrogens (tertiary/aromatic N) is 2. The molecule has 4 aromatic carbocycles. The Balaban J connectivity index is 1.58. The smallest absolute Gasteiger partial charge is 0.264 e. The highest BCUT2D eigenvalue weighted by atomic mass is 35.5. The molecule has 4 aromatic rings. The maximum absolute atomic E-state index is 14.6. The summed E-state index contributed by atoms with van der Waals surface area (Å²) in [5.41, 5.74) is 1.63. The number of hydrogen-bond acceptors (Lipinski definition) is 4. The molecule has 7 nitrogen and oxygen atoms in total. The van der Waals surface area contributed by atoms with Gasteiger partial charge in [-0.05, 0) is 66.4 Å². The average Bonchev–Trinajstić information content (AvgIpc) is 3.07. The Morgan fingerprint density at radius 3 is 2.06 bits per heavy atom. The third kappa shape index (κ3) is 9.08. The lowest BCUT2D eigenvalue weighted by atomic mass is 9.94. The van der Waals surface area contributed by atoms with E-state index in [1.165, 1.54) is 35.2 Å². The van der Waals surface area contributed by atoms with Gasteiger partial charge in [0, 0.05) is 29.1 Å². The third-order valence-corrected chi connectivity index (χ3v) is 10.8. The predicted molar refractivity (Wildman–Crippen MR) is 188 cm³/mol. The zero-order valence-electron chi connectivity index (χ0n) is 25.7. The molecule has 47 heavy (non-hydrogen) atoms. The fourth-order valence-electron chi connectivity index (χ4n) is 5.85. The molecule has 1 unspecified atom stereocenters. The molecule has 0 spiro atoms. The van der Waals surface area contributed by atoms with Crippen molar-refractivity contribution in [1.29, 1.82) is 0 Å². The van der Waals surface area contributed by atoms with Crippen LogP contribution in [-0.4, -0.2) is 43.8 Å². The first-order valence-electron chi connectivity index (χ1n) is 15.5. The molecule has 1 aliphatic carbocycles. The molecule has 2 amide bonds. The van der Waals surface area contributed by atoms with E-state index in [4.69, 9.17) is 34.8 Å². The standard InChI is InChI=1S/C36H36Cl3N3O4S/c37-28-14-10-13-27(21-28)24-41(34(22-26-11-4-1-5-12-26)36(44)40-30-15-6-2-7-16-30)35(43)25-42(33-20-19-29(38)23-32(33)39)47(45,46)31-17-8-3-9-18-31/h1,3-5,8-14,17-21,23,30,34H,2,6-7,15-16,22,24-25H2,(H,40,44). The number of rotatable bonds is 12. The van der Waals surface area contributed by atoms with Gasteiger partial charge in [-0.3, -0.25) is 13.9 Å². The number of hydrogen-bond donors (Lipinski definition) is 1. The number of nitrogens with one attached hydrogen (secondary N) is 1. The molecule has 0 saturated heterocycles. The number of anilines is 1. The molecule has 1 aliphatic rings. The van der Waals surface area contributed by atoms with Crippen molar-refractivity contribution in [3.8, 4) is 0 Å². The number of benzene rings is 4. The van der Waals surface area contributed by atoms with Gasteiger partial charge < -0.3 is 10.2 Å². The summed E-state index contributed by atoms with van der Waals surface area (Å²) in [4.78, 5) is 30.3. The van der Waals surface area contributed by atoms with Crippen LogP contribution in [0, 0.1) is 0 Å². The Labute approximate surface area is 291 Å². The van der Waals surface area contributed by atoms with Crippen molar-refractivity contribution in [2.45, 2.75) is 62.0 Å². The van der Waals surface area contributed by atoms with Gasteiger partial charge in [0.1, 0.15) is 12.6 Å². The van der Waals surface area contributed by atoms with Crippen molar-refractivity contribution >= 4 is 62.3 Å².